The van der Waals surface area contributed by atoms with Crippen LogP contribution < -0.4 is 0 Å². The first kappa shape index (κ1) is 17.6. The van der Waals surface area contributed by atoms with Crippen molar-refractivity contribution < 1.29 is 27.8 Å². The number of nitrogens with zero attached hydrogens (tertiary/aromatic N) is 2. The Hall–Kier alpha value is -1.22. The second-order valence-electron chi connectivity index (χ2n) is 6.56. The van der Waals surface area contributed by atoms with Crippen LogP contribution in [0.15, 0.2) is 0 Å². The third kappa shape index (κ3) is 3.56. The van der Waals surface area contributed by atoms with Gasteiger partial charge in [0.15, 0.2) is 0 Å². The van der Waals surface area contributed by atoms with Gasteiger partial charge in [0, 0.05) is 23.6 Å². The van der Waals surface area contributed by atoms with Gasteiger partial charge in [-0.2, -0.15) is 5.06 Å². The van der Waals surface area contributed by atoms with Crippen molar-refractivity contribution in [3.8, 4) is 0 Å². The first-order chi connectivity index (χ1) is 11.5. The summed E-state index contributed by atoms with van der Waals surface area (Å²) in [4.78, 5) is 30.6. The Kier molecular flexibility index (Phi) is 5.39. The van der Waals surface area contributed by atoms with Gasteiger partial charge in [-0.3, -0.25) is 4.21 Å². The van der Waals surface area contributed by atoms with E-state index in [-0.39, 0.29) is 17.5 Å². The van der Waals surface area contributed by atoms with Crippen LogP contribution >= 0.6 is 0 Å². The van der Waals surface area contributed by atoms with E-state index in [1.807, 2.05) is 0 Å². The van der Waals surface area contributed by atoms with Gasteiger partial charge in [-0.1, -0.05) is 6.42 Å². The lowest BCUT2D eigenvalue weighted by molar-refractivity contribution is -0.230. The van der Waals surface area contributed by atoms with Crippen molar-refractivity contribution in [3.05, 3.63) is 0 Å². The van der Waals surface area contributed by atoms with Crippen LogP contribution in [-0.2, 0) is 25.2 Å². The fourth-order valence-corrected chi connectivity index (χ4v) is 4.62. The molecule has 1 saturated carbocycles. The normalized spacial score (nSPS) is 30.3. The monoisotopic (exact) mass is 362 g/mol. The van der Waals surface area contributed by atoms with Gasteiger partial charge in [0.2, 0.25) is 0 Å². The molecule has 1 aliphatic carbocycles. The van der Waals surface area contributed by atoms with Gasteiger partial charge in [-0.15, -0.1) is 0 Å². The van der Waals surface area contributed by atoms with E-state index >= 15 is 0 Å². The standard InChI is InChI=1S/C15H23FN2O5S/c1-24(21)12-8-7-10-9-17(12)15(20)18(10)23-13(16)14(19)22-11-5-3-2-4-6-11/h10-13H,2-9H2,1H3/t10-,12-,13+,24-/m1/s1. The van der Waals surface area contributed by atoms with Crippen molar-refractivity contribution in [2.75, 3.05) is 12.8 Å². The van der Waals surface area contributed by atoms with E-state index in [4.69, 9.17) is 9.57 Å². The first-order valence-corrected chi connectivity index (χ1v) is 10.0. The first-order valence-electron chi connectivity index (χ1n) is 8.40. The van der Waals surface area contributed by atoms with E-state index in [1.165, 1.54) is 4.90 Å². The Morgan fingerprint density at radius 1 is 1.25 bits per heavy atom. The van der Waals surface area contributed by atoms with Crippen molar-refractivity contribution >= 4 is 22.8 Å². The summed E-state index contributed by atoms with van der Waals surface area (Å²) >= 11 is 0. The third-order valence-electron chi connectivity index (χ3n) is 4.88. The molecule has 2 heterocycles. The Bertz CT molecular complexity index is 528. The molecule has 3 aliphatic rings. The third-order valence-corrected chi connectivity index (χ3v) is 6.13. The predicted octanol–water partition coefficient (Wildman–Crippen LogP) is 1.69. The Morgan fingerprint density at radius 3 is 2.62 bits per heavy atom. The summed E-state index contributed by atoms with van der Waals surface area (Å²) in [6.07, 6.45) is 4.60. The number of carbonyl (C=O) groups is 2. The molecule has 3 fully saturated rings. The zero-order valence-electron chi connectivity index (χ0n) is 13.7. The maximum atomic E-state index is 14.1. The highest BCUT2D eigenvalue weighted by Crippen LogP contribution is 2.32. The summed E-state index contributed by atoms with van der Waals surface area (Å²) in [5.74, 6) is -1.08. The molecule has 0 aromatic heterocycles. The van der Waals surface area contributed by atoms with E-state index in [9.17, 15) is 18.2 Å². The number of ether oxygens (including phenoxy) is 1. The zero-order valence-corrected chi connectivity index (χ0v) is 14.5. The molecule has 9 heteroatoms. The van der Waals surface area contributed by atoms with Gasteiger partial charge in [-0.25, -0.2) is 18.8 Å². The number of fused-ring (bicyclic) bond motifs is 2. The van der Waals surface area contributed by atoms with E-state index in [0.29, 0.717) is 19.4 Å². The van der Waals surface area contributed by atoms with Gasteiger partial charge < -0.3 is 9.64 Å². The minimum absolute atomic E-state index is 0.266. The second kappa shape index (κ2) is 7.35. The van der Waals surface area contributed by atoms with Gasteiger partial charge in [0.25, 0.3) is 0 Å². The molecule has 0 spiro atoms. The summed E-state index contributed by atoms with van der Waals surface area (Å²) in [6, 6.07) is -0.858. The molecule has 7 nitrogen and oxygen atoms in total. The zero-order chi connectivity index (χ0) is 17.3. The fourth-order valence-electron chi connectivity index (χ4n) is 3.62. The molecule has 2 saturated heterocycles. The molecule has 0 radical (unpaired) electrons. The Balaban J connectivity index is 1.56. The number of hydrogen-bond donors (Lipinski definition) is 0. The molecule has 136 valence electrons. The lowest BCUT2D eigenvalue weighted by atomic mass is 9.98. The predicted molar refractivity (Wildman–Crippen MR) is 83.8 cm³/mol. The number of rotatable bonds is 5. The highest BCUT2D eigenvalue weighted by molar-refractivity contribution is 7.84. The quantitative estimate of drug-likeness (QED) is 0.696. The molecule has 24 heavy (non-hydrogen) atoms. The number of urea groups is 1. The molecular weight excluding hydrogens is 339 g/mol. The minimum Gasteiger partial charge on any atom is -0.458 e. The molecule has 2 amide bonds. The van der Waals surface area contributed by atoms with E-state index in [1.54, 1.807) is 6.26 Å². The van der Waals surface area contributed by atoms with Crippen molar-refractivity contribution in [2.45, 2.75) is 68.8 Å². The summed E-state index contributed by atoms with van der Waals surface area (Å²) in [7, 11) is -1.18. The molecule has 0 unspecified atom stereocenters. The maximum absolute atomic E-state index is 14.1. The topological polar surface area (TPSA) is 76.2 Å². The molecule has 3 rings (SSSR count). The number of piperidine rings is 1. The van der Waals surface area contributed by atoms with Crippen LogP contribution in [0.4, 0.5) is 9.18 Å². The highest BCUT2D eigenvalue weighted by atomic mass is 32.2. The Morgan fingerprint density at radius 2 is 1.96 bits per heavy atom. The molecule has 0 N–H and O–H groups in total. The van der Waals surface area contributed by atoms with Crippen LogP contribution in [0.3, 0.4) is 0 Å². The summed E-state index contributed by atoms with van der Waals surface area (Å²) in [5.41, 5.74) is 0. The minimum atomic E-state index is -2.32. The fraction of sp³-hybridized carbons (Fsp3) is 0.867. The van der Waals surface area contributed by atoms with Gasteiger partial charge in [0.05, 0.1) is 6.04 Å². The van der Waals surface area contributed by atoms with Gasteiger partial charge in [0.1, 0.15) is 11.5 Å². The summed E-state index contributed by atoms with van der Waals surface area (Å²) < 4.78 is 31.0. The lowest BCUT2D eigenvalue weighted by Crippen LogP contribution is -2.42. The van der Waals surface area contributed by atoms with E-state index in [2.05, 4.69) is 0 Å². The largest absolute Gasteiger partial charge is 0.458 e. The number of amides is 2. The Labute approximate surface area is 142 Å². The van der Waals surface area contributed by atoms with E-state index < -0.39 is 29.2 Å². The number of alkyl halides is 1. The molecule has 2 aliphatic heterocycles. The summed E-state index contributed by atoms with van der Waals surface area (Å²) in [6.45, 7) is 0.341. The molecular formula is C15H23FN2O5S. The molecule has 4 atom stereocenters. The smallest absolute Gasteiger partial charge is 0.371 e. The van der Waals surface area contributed by atoms with Crippen molar-refractivity contribution in [1.82, 2.24) is 9.96 Å². The van der Waals surface area contributed by atoms with Crippen LogP contribution in [0.25, 0.3) is 0 Å². The average Bonchev–Trinajstić information content (AvgIpc) is 2.80. The highest BCUT2D eigenvalue weighted by Gasteiger charge is 2.48. The van der Waals surface area contributed by atoms with Crippen LogP contribution in [0.2, 0.25) is 0 Å². The average molecular weight is 362 g/mol. The SMILES string of the molecule is C[S@@](=O)[C@@H]1CC[C@@H]2CN1C(=O)N2O[C@H](F)C(=O)OC1CCCCC1. The number of esters is 1. The number of hydroxylamine groups is 2. The van der Waals surface area contributed by atoms with Crippen molar-refractivity contribution in [2.24, 2.45) is 0 Å². The van der Waals surface area contributed by atoms with Crippen LogP contribution in [0, 0.1) is 0 Å². The van der Waals surface area contributed by atoms with Crippen LogP contribution in [0.1, 0.15) is 44.9 Å². The van der Waals surface area contributed by atoms with Crippen molar-refractivity contribution in [1.29, 1.82) is 0 Å². The number of carbonyl (C=O) groups excluding carboxylic acids is 2. The van der Waals surface area contributed by atoms with E-state index in [0.717, 1.165) is 37.2 Å². The van der Waals surface area contributed by atoms with Crippen LogP contribution in [0.5, 0.6) is 0 Å². The van der Waals surface area contributed by atoms with Crippen LogP contribution in [-0.4, -0.2) is 62.9 Å². The molecule has 0 aromatic carbocycles. The summed E-state index contributed by atoms with van der Waals surface area (Å²) in [5, 5.41) is 0.536. The number of hydrogen-bond acceptors (Lipinski definition) is 5. The van der Waals surface area contributed by atoms with Gasteiger partial charge in [-0.05, 0) is 38.5 Å². The van der Waals surface area contributed by atoms with Crippen molar-refractivity contribution in [3.63, 3.8) is 0 Å². The van der Waals surface area contributed by atoms with Gasteiger partial charge >= 0.3 is 18.4 Å². The second-order valence-corrected chi connectivity index (χ2v) is 8.10. The molecule has 2 bridgehead atoms. The number of halogens is 1. The molecule has 0 aromatic rings. The lowest BCUT2D eigenvalue weighted by Gasteiger charge is -2.28. The maximum Gasteiger partial charge on any atom is 0.371 e.